The lowest BCUT2D eigenvalue weighted by molar-refractivity contribution is 0.282. The van der Waals surface area contributed by atoms with Crippen LogP contribution in [-0.4, -0.2) is 21.6 Å². The summed E-state index contributed by atoms with van der Waals surface area (Å²) in [5, 5.41) is 9.35. The lowest BCUT2D eigenvalue weighted by Gasteiger charge is -2.04. The first-order valence-corrected chi connectivity index (χ1v) is 6.36. The number of halogens is 1. The second kappa shape index (κ2) is 5.06. The van der Waals surface area contributed by atoms with Gasteiger partial charge >= 0.3 is 0 Å². The first-order chi connectivity index (χ1) is 10.2. The minimum absolute atomic E-state index is 0.142. The lowest BCUT2D eigenvalue weighted by atomic mass is 10.1. The van der Waals surface area contributed by atoms with Gasteiger partial charge in [0.25, 0.3) is 0 Å². The molecule has 1 aromatic carbocycles. The van der Waals surface area contributed by atoms with E-state index in [9.17, 15) is 9.50 Å². The molecule has 5 nitrogen and oxygen atoms in total. The molecular formula is C15H14FN3O2. The number of fused-ring (bicyclic) bond motifs is 1. The summed E-state index contributed by atoms with van der Waals surface area (Å²) in [6.07, 6.45) is 1.75. The fourth-order valence-electron chi connectivity index (χ4n) is 2.29. The van der Waals surface area contributed by atoms with E-state index in [4.69, 9.17) is 10.5 Å². The van der Waals surface area contributed by atoms with E-state index in [1.807, 2.05) is 0 Å². The van der Waals surface area contributed by atoms with Gasteiger partial charge in [-0.15, -0.1) is 0 Å². The van der Waals surface area contributed by atoms with Crippen LogP contribution in [0.1, 0.15) is 5.56 Å². The highest BCUT2D eigenvalue weighted by Crippen LogP contribution is 2.30. The summed E-state index contributed by atoms with van der Waals surface area (Å²) in [6.45, 7) is -0.142. The second-order valence-corrected chi connectivity index (χ2v) is 4.58. The van der Waals surface area contributed by atoms with E-state index in [2.05, 4.69) is 4.98 Å². The molecule has 0 saturated heterocycles. The zero-order valence-corrected chi connectivity index (χ0v) is 11.4. The second-order valence-electron chi connectivity index (χ2n) is 4.58. The van der Waals surface area contributed by atoms with Crippen LogP contribution in [0.2, 0.25) is 0 Å². The Morgan fingerprint density at radius 1 is 1.38 bits per heavy atom. The van der Waals surface area contributed by atoms with Gasteiger partial charge in [-0.05, 0) is 24.3 Å². The van der Waals surface area contributed by atoms with E-state index in [0.717, 1.165) is 0 Å². The van der Waals surface area contributed by atoms with Crippen molar-refractivity contribution in [3.8, 4) is 17.0 Å². The van der Waals surface area contributed by atoms with E-state index in [1.165, 1.54) is 19.2 Å². The van der Waals surface area contributed by atoms with Gasteiger partial charge in [0, 0.05) is 17.3 Å². The van der Waals surface area contributed by atoms with Crippen LogP contribution in [0.3, 0.4) is 0 Å². The van der Waals surface area contributed by atoms with Crippen LogP contribution < -0.4 is 10.5 Å². The molecule has 2 aromatic heterocycles. The van der Waals surface area contributed by atoms with Crippen molar-refractivity contribution in [2.75, 3.05) is 12.8 Å². The van der Waals surface area contributed by atoms with E-state index in [1.54, 1.807) is 28.8 Å². The van der Waals surface area contributed by atoms with Crippen molar-refractivity contribution in [3.05, 3.63) is 47.9 Å². The largest absolute Gasteiger partial charge is 0.494 e. The molecule has 0 unspecified atom stereocenters. The molecule has 21 heavy (non-hydrogen) atoms. The third-order valence-electron chi connectivity index (χ3n) is 3.36. The van der Waals surface area contributed by atoms with Crippen molar-refractivity contribution in [1.82, 2.24) is 9.38 Å². The van der Waals surface area contributed by atoms with Crippen LogP contribution in [0, 0.1) is 5.82 Å². The summed E-state index contributed by atoms with van der Waals surface area (Å²) < 4.78 is 20.4. The van der Waals surface area contributed by atoms with Gasteiger partial charge in [0.15, 0.2) is 11.6 Å². The maximum atomic E-state index is 13.8. The topological polar surface area (TPSA) is 72.8 Å². The maximum Gasteiger partial charge on any atom is 0.165 e. The van der Waals surface area contributed by atoms with Crippen LogP contribution in [-0.2, 0) is 6.61 Å². The Morgan fingerprint density at radius 2 is 2.19 bits per heavy atom. The van der Waals surface area contributed by atoms with E-state index >= 15 is 0 Å². The quantitative estimate of drug-likeness (QED) is 0.774. The normalized spacial score (nSPS) is 11.0. The lowest BCUT2D eigenvalue weighted by Crippen LogP contribution is -1.96. The number of anilines is 1. The van der Waals surface area contributed by atoms with E-state index in [0.29, 0.717) is 28.3 Å². The molecule has 0 saturated carbocycles. The molecule has 108 valence electrons. The first-order valence-electron chi connectivity index (χ1n) is 6.36. The first kappa shape index (κ1) is 13.4. The average molecular weight is 287 g/mol. The number of methoxy groups -OCH3 is 1. The summed E-state index contributed by atoms with van der Waals surface area (Å²) in [5.41, 5.74) is 8.32. The summed E-state index contributed by atoms with van der Waals surface area (Å²) in [7, 11) is 1.41. The minimum atomic E-state index is -0.478. The van der Waals surface area contributed by atoms with Gasteiger partial charge in [-0.2, -0.15) is 0 Å². The molecular weight excluding hydrogens is 273 g/mol. The number of pyridine rings is 1. The predicted octanol–water partition coefficient (Wildman–Crippen LogP) is 2.22. The smallest absolute Gasteiger partial charge is 0.165 e. The number of ether oxygens (including phenoxy) is 1. The number of aliphatic hydroxyl groups excluding tert-OH is 1. The van der Waals surface area contributed by atoms with Gasteiger partial charge in [0.05, 0.1) is 13.7 Å². The highest BCUT2D eigenvalue weighted by atomic mass is 19.1. The summed E-state index contributed by atoms with van der Waals surface area (Å²) in [6, 6.07) is 8.09. The molecule has 0 bridgehead atoms. The van der Waals surface area contributed by atoms with Gasteiger partial charge in [0.1, 0.15) is 17.2 Å². The number of nitrogens with zero attached hydrogens (tertiary/aromatic N) is 2. The molecule has 0 aliphatic carbocycles. The van der Waals surface area contributed by atoms with Gasteiger partial charge < -0.3 is 15.6 Å². The number of benzene rings is 1. The SMILES string of the molecule is COc1ccc(-c2nc3c(CO)cccn3c2N)cc1F. The number of nitrogens with two attached hydrogens (primary N) is 1. The number of hydrogen-bond donors (Lipinski definition) is 2. The fourth-order valence-corrected chi connectivity index (χ4v) is 2.29. The predicted molar refractivity (Wildman–Crippen MR) is 77.5 cm³/mol. The zero-order chi connectivity index (χ0) is 15.0. The Kier molecular flexibility index (Phi) is 3.23. The monoisotopic (exact) mass is 287 g/mol. The summed E-state index contributed by atoms with van der Waals surface area (Å²) in [4.78, 5) is 4.42. The molecule has 2 heterocycles. The highest BCUT2D eigenvalue weighted by molar-refractivity contribution is 5.76. The molecule has 0 radical (unpaired) electrons. The van der Waals surface area contributed by atoms with Gasteiger partial charge in [-0.1, -0.05) is 6.07 Å². The Bertz CT molecular complexity index is 814. The highest BCUT2D eigenvalue weighted by Gasteiger charge is 2.15. The van der Waals surface area contributed by atoms with Crippen LogP contribution in [0.25, 0.3) is 16.9 Å². The molecule has 0 atom stereocenters. The molecule has 3 N–H and O–H groups in total. The molecule has 6 heteroatoms. The molecule has 0 aliphatic rings. The minimum Gasteiger partial charge on any atom is -0.494 e. The number of aromatic nitrogens is 2. The third-order valence-corrected chi connectivity index (χ3v) is 3.36. The molecule has 3 aromatic rings. The van der Waals surface area contributed by atoms with Gasteiger partial charge in [0.2, 0.25) is 0 Å². The molecule has 0 fully saturated rings. The van der Waals surface area contributed by atoms with Crippen molar-refractivity contribution in [3.63, 3.8) is 0 Å². The molecule has 0 spiro atoms. The van der Waals surface area contributed by atoms with E-state index in [-0.39, 0.29) is 12.4 Å². The Morgan fingerprint density at radius 3 is 2.86 bits per heavy atom. The average Bonchev–Trinajstić information content (AvgIpc) is 2.84. The Hall–Kier alpha value is -2.60. The van der Waals surface area contributed by atoms with Crippen molar-refractivity contribution in [1.29, 1.82) is 0 Å². The standard InChI is InChI=1S/C15H14FN3O2/c1-21-12-5-4-9(7-11(12)16)13-14(17)19-6-2-3-10(8-20)15(19)18-13/h2-7,20H,8,17H2,1H3. The van der Waals surface area contributed by atoms with Gasteiger partial charge in [-0.25, -0.2) is 9.37 Å². The summed E-state index contributed by atoms with van der Waals surface area (Å²) in [5.74, 6) is 0.0795. The van der Waals surface area contributed by atoms with Crippen LogP contribution in [0.4, 0.5) is 10.2 Å². The Balaban J connectivity index is 2.21. The summed E-state index contributed by atoms with van der Waals surface area (Å²) >= 11 is 0. The fraction of sp³-hybridized carbons (Fsp3) is 0.133. The van der Waals surface area contributed by atoms with Crippen molar-refractivity contribution < 1.29 is 14.2 Å². The van der Waals surface area contributed by atoms with E-state index < -0.39 is 5.82 Å². The van der Waals surface area contributed by atoms with Gasteiger partial charge in [-0.3, -0.25) is 4.40 Å². The number of hydrogen-bond acceptors (Lipinski definition) is 4. The number of imidazole rings is 1. The number of rotatable bonds is 3. The van der Waals surface area contributed by atoms with Crippen LogP contribution >= 0.6 is 0 Å². The maximum absolute atomic E-state index is 13.8. The zero-order valence-electron chi connectivity index (χ0n) is 11.4. The third kappa shape index (κ3) is 2.09. The molecule has 3 rings (SSSR count). The number of aliphatic hydroxyl groups is 1. The Labute approximate surface area is 120 Å². The molecule has 0 amide bonds. The van der Waals surface area contributed by atoms with Crippen molar-refractivity contribution in [2.45, 2.75) is 6.61 Å². The van der Waals surface area contributed by atoms with Crippen LogP contribution in [0.15, 0.2) is 36.5 Å². The van der Waals surface area contributed by atoms with Crippen molar-refractivity contribution in [2.24, 2.45) is 0 Å². The van der Waals surface area contributed by atoms with Crippen molar-refractivity contribution >= 4 is 11.5 Å². The van der Waals surface area contributed by atoms with Crippen LogP contribution in [0.5, 0.6) is 5.75 Å². The molecule has 0 aliphatic heterocycles. The number of nitrogen functional groups attached to an aromatic ring is 1.